The molecule has 0 aromatic heterocycles. The van der Waals surface area contributed by atoms with Crippen molar-refractivity contribution in [3.05, 3.63) is 83.9 Å². The van der Waals surface area contributed by atoms with Gasteiger partial charge in [0.05, 0.1) is 39.6 Å². The number of anilines is 2. The first-order chi connectivity index (χ1) is 18.6. The number of carbonyl (C=O) groups is 2. The summed E-state index contributed by atoms with van der Waals surface area (Å²) in [5, 5.41) is 23.1. The Kier molecular flexibility index (Phi) is 12.0. The largest absolute Gasteiger partial charge is 0.491 e. The SMILES string of the molecule is O=C(Nc1cccc(OCCOCCO)c1)c1ccc(C(=O)Nc2cccc(OCCOCCO)c2)cc1. The highest BCUT2D eigenvalue weighted by atomic mass is 16.5. The van der Waals surface area contributed by atoms with Gasteiger partial charge in [-0.05, 0) is 48.5 Å². The molecule has 3 aromatic rings. The van der Waals surface area contributed by atoms with Crippen LogP contribution in [0.25, 0.3) is 0 Å². The maximum atomic E-state index is 12.7. The highest BCUT2D eigenvalue weighted by molar-refractivity contribution is 6.07. The number of hydrogen-bond acceptors (Lipinski definition) is 8. The molecule has 0 saturated carbocycles. The molecule has 3 aromatic carbocycles. The van der Waals surface area contributed by atoms with Crippen LogP contribution < -0.4 is 20.1 Å². The molecule has 0 aliphatic rings. The molecule has 0 aliphatic carbocycles. The third-order valence-corrected chi connectivity index (χ3v) is 5.06. The number of aliphatic hydroxyl groups is 2. The van der Waals surface area contributed by atoms with Crippen molar-refractivity contribution in [1.82, 2.24) is 0 Å². The lowest BCUT2D eigenvalue weighted by Crippen LogP contribution is -2.14. The predicted molar refractivity (Wildman–Crippen MR) is 142 cm³/mol. The maximum absolute atomic E-state index is 12.7. The highest BCUT2D eigenvalue weighted by Crippen LogP contribution is 2.20. The number of aliphatic hydroxyl groups excluding tert-OH is 2. The van der Waals surface area contributed by atoms with Crippen molar-refractivity contribution in [2.75, 3.05) is 63.5 Å². The average Bonchev–Trinajstić information content (AvgIpc) is 2.93. The van der Waals surface area contributed by atoms with Crippen LogP contribution in [0.4, 0.5) is 11.4 Å². The number of rotatable bonds is 16. The van der Waals surface area contributed by atoms with Crippen LogP contribution in [0.1, 0.15) is 20.7 Å². The van der Waals surface area contributed by atoms with Crippen LogP contribution in [0.15, 0.2) is 72.8 Å². The molecule has 0 saturated heterocycles. The summed E-state index contributed by atoms with van der Waals surface area (Å²) in [4.78, 5) is 25.4. The number of amides is 2. The second kappa shape index (κ2) is 16.0. The molecule has 10 nitrogen and oxygen atoms in total. The van der Waals surface area contributed by atoms with Gasteiger partial charge in [-0.25, -0.2) is 0 Å². The molecule has 0 unspecified atom stereocenters. The van der Waals surface area contributed by atoms with E-state index in [1.807, 2.05) is 0 Å². The zero-order chi connectivity index (χ0) is 27.0. The first-order valence-corrected chi connectivity index (χ1v) is 12.1. The highest BCUT2D eigenvalue weighted by Gasteiger charge is 2.11. The molecule has 3 rings (SSSR count). The van der Waals surface area contributed by atoms with Gasteiger partial charge in [-0.3, -0.25) is 9.59 Å². The number of nitrogens with one attached hydrogen (secondary N) is 2. The van der Waals surface area contributed by atoms with Crippen molar-refractivity contribution in [3.8, 4) is 11.5 Å². The van der Waals surface area contributed by atoms with Crippen LogP contribution in [-0.2, 0) is 9.47 Å². The minimum absolute atomic E-state index is 0.0409. The van der Waals surface area contributed by atoms with E-state index in [1.165, 1.54) is 0 Å². The number of ether oxygens (including phenoxy) is 4. The second-order valence-electron chi connectivity index (χ2n) is 7.91. The van der Waals surface area contributed by atoms with Gasteiger partial charge >= 0.3 is 0 Å². The van der Waals surface area contributed by atoms with Gasteiger partial charge in [0, 0.05) is 34.6 Å². The lowest BCUT2D eigenvalue weighted by atomic mass is 10.1. The molecule has 0 bridgehead atoms. The van der Waals surface area contributed by atoms with Crippen molar-refractivity contribution < 1.29 is 38.7 Å². The van der Waals surface area contributed by atoms with Crippen LogP contribution in [0.3, 0.4) is 0 Å². The van der Waals surface area contributed by atoms with Crippen molar-refractivity contribution in [3.63, 3.8) is 0 Å². The summed E-state index contributed by atoms with van der Waals surface area (Å²) >= 11 is 0. The Bertz CT molecular complexity index is 1060. The summed E-state index contributed by atoms with van der Waals surface area (Å²) in [6.07, 6.45) is 0. The Morgan fingerprint density at radius 3 is 1.39 bits per heavy atom. The Morgan fingerprint density at radius 2 is 1.00 bits per heavy atom. The van der Waals surface area contributed by atoms with E-state index in [0.29, 0.717) is 60.4 Å². The standard InChI is InChI=1S/C28H32N2O8/c31-11-13-35-15-17-37-25-5-1-3-23(19-25)29-27(33)21-7-9-22(10-8-21)28(34)30-24-4-2-6-26(20-24)38-18-16-36-14-12-32/h1-10,19-20,31-32H,11-18H2,(H,29,33)(H,30,34). The first kappa shape index (κ1) is 28.6. The van der Waals surface area contributed by atoms with Crippen molar-refractivity contribution >= 4 is 23.2 Å². The van der Waals surface area contributed by atoms with E-state index in [0.717, 1.165) is 0 Å². The third-order valence-electron chi connectivity index (χ3n) is 5.06. The van der Waals surface area contributed by atoms with Gasteiger partial charge in [0.1, 0.15) is 24.7 Å². The molecule has 0 radical (unpaired) electrons. The van der Waals surface area contributed by atoms with E-state index in [2.05, 4.69) is 10.6 Å². The summed E-state index contributed by atoms with van der Waals surface area (Å²) < 4.78 is 21.5. The van der Waals surface area contributed by atoms with Gasteiger partial charge < -0.3 is 39.8 Å². The van der Waals surface area contributed by atoms with E-state index in [4.69, 9.17) is 29.2 Å². The summed E-state index contributed by atoms with van der Waals surface area (Å²) in [5.41, 5.74) is 1.91. The first-order valence-electron chi connectivity index (χ1n) is 12.1. The average molecular weight is 525 g/mol. The van der Waals surface area contributed by atoms with E-state index in [9.17, 15) is 9.59 Å². The number of carbonyl (C=O) groups excluding carboxylic acids is 2. The van der Waals surface area contributed by atoms with Gasteiger partial charge in [0.25, 0.3) is 11.8 Å². The van der Waals surface area contributed by atoms with Gasteiger partial charge in [-0.1, -0.05) is 12.1 Å². The van der Waals surface area contributed by atoms with Gasteiger partial charge in [-0.2, -0.15) is 0 Å². The Morgan fingerprint density at radius 1 is 0.579 bits per heavy atom. The summed E-state index contributed by atoms with van der Waals surface area (Å²) in [6.45, 7) is 1.76. The molecule has 0 aliphatic heterocycles. The van der Waals surface area contributed by atoms with E-state index in [-0.39, 0.29) is 38.2 Å². The topological polar surface area (TPSA) is 136 Å². The van der Waals surface area contributed by atoms with E-state index < -0.39 is 0 Å². The summed E-state index contributed by atoms with van der Waals surface area (Å²) in [6, 6.07) is 20.3. The molecule has 0 fully saturated rings. The van der Waals surface area contributed by atoms with Crippen molar-refractivity contribution in [1.29, 1.82) is 0 Å². The molecule has 0 spiro atoms. The zero-order valence-electron chi connectivity index (χ0n) is 20.9. The quantitative estimate of drug-likeness (QED) is 0.210. The normalized spacial score (nSPS) is 10.6. The summed E-state index contributed by atoms with van der Waals surface area (Å²) in [7, 11) is 0. The predicted octanol–water partition coefficient (Wildman–Crippen LogP) is 2.97. The van der Waals surface area contributed by atoms with Crippen LogP contribution >= 0.6 is 0 Å². The molecule has 0 atom stereocenters. The van der Waals surface area contributed by atoms with E-state index in [1.54, 1.807) is 72.8 Å². The Balaban J connectivity index is 1.50. The molecule has 10 heteroatoms. The van der Waals surface area contributed by atoms with Crippen LogP contribution in [0, 0.1) is 0 Å². The summed E-state index contributed by atoms with van der Waals surface area (Å²) in [5.74, 6) is 0.500. The maximum Gasteiger partial charge on any atom is 0.255 e. The van der Waals surface area contributed by atoms with Crippen LogP contribution in [0.5, 0.6) is 11.5 Å². The van der Waals surface area contributed by atoms with Gasteiger partial charge in [-0.15, -0.1) is 0 Å². The molecule has 202 valence electrons. The molecular weight excluding hydrogens is 492 g/mol. The lowest BCUT2D eigenvalue weighted by Gasteiger charge is -2.11. The number of benzene rings is 3. The van der Waals surface area contributed by atoms with Crippen LogP contribution in [0.2, 0.25) is 0 Å². The molecule has 4 N–H and O–H groups in total. The lowest BCUT2D eigenvalue weighted by molar-refractivity contribution is 0.0705. The molecule has 0 heterocycles. The molecular formula is C28H32N2O8. The van der Waals surface area contributed by atoms with Crippen molar-refractivity contribution in [2.24, 2.45) is 0 Å². The van der Waals surface area contributed by atoms with Gasteiger partial charge in [0.15, 0.2) is 0 Å². The zero-order valence-corrected chi connectivity index (χ0v) is 20.9. The Hall–Kier alpha value is -3.96. The fourth-order valence-electron chi connectivity index (χ4n) is 3.28. The molecule has 2 amide bonds. The third kappa shape index (κ3) is 9.83. The number of hydrogen-bond donors (Lipinski definition) is 4. The Labute approximate surface area is 221 Å². The minimum atomic E-state index is -0.326. The second-order valence-corrected chi connectivity index (χ2v) is 7.91. The monoisotopic (exact) mass is 524 g/mol. The van der Waals surface area contributed by atoms with Gasteiger partial charge in [0.2, 0.25) is 0 Å². The van der Waals surface area contributed by atoms with Crippen LogP contribution in [-0.4, -0.2) is 74.9 Å². The molecule has 38 heavy (non-hydrogen) atoms. The fraction of sp³-hybridized carbons (Fsp3) is 0.286. The van der Waals surface area contributed by atoms with Crippen molar-refractivity contribution in [2.45, 2.75) is 0 Å². The smallest absolute Gasteiger partial charge is 0.255 e. The fourth-order valence-corrected chi connectivity index (χ4v) is 3.28. The minimum Gasteiger partial charge on any atom is -0.491 e. The van der Waals surface area contributed by atoms with E-state index >= 15 is 0 Å².